The van der Waals surface area contributed by atoms with Gasteiger partial charge in [0.2, 0.25) is 11.8 Å². The summed E-state index contributed by atoms with van der Waals surface area (Å²) < 4.78 is 11.4. The van der Waals surface area contributed by atoms with Crippen molar-refractivity contribution in [1.29, 1.82) is 0 Å². The van der Waals surface area contributed by atoms with Gasteiger partial charge >= 0.3 is 6.09 Å². The quantitative estimate of drug-likeness (QED) is 0.0913. The lowest BCUT2D eigenvalue weighted by Crippen LogP contribution is -2.47. The largest absolute Gasteiger partial charge is 0.489 e. The Morgan fingerprint density at radius 3 is 1.98 bits per heavy atom. The lowest BCUT2D eigenvalue weighted by Gasteiger charge is -2.33. The van der Waals surface area contributed by atoms with Crippen molar-refractivity contribution in [3.63, 3.8) is 0 Å². The number of alkyl carbamates (subject to hydrolysis) is 1. The van der Waals surface area contributed by atoms with Gasteiger partial charge in [-0.1, -0.05) is 117 Å². The minimum Gasteiger partial charge on any atom is -0.489 e. The number of amides is 3. The van der Waals surface area contributed by atoms with Gasteiger partial charge < -0.3 is 30.0 Å². The summed E-state index contributed by atoms with van der Waals surface area (Å²) in [5.74, 6) is -0.805. The summed E-state index contributed by atoms with van der Waals surface area (Å²) in [5.41, 5.74) is 4.13. The van der Waals surface area contributed by atoms with Crippen molar-refractivity contribution in [2.75, 3.05) is 19.6 Å². The third-order valence-corrected chi connectivity index (χ3v) is 9.41. The van der Waals surface area contributed by atoms with Crippen LogP contribution in [0.2, 0.25) is 0 Å². The molecule has 0 bridgehead atoms. The van der Waals surface area contributed by atoms with Crippen LogP contribution >= 0.6 is 0 Å². The van der Waals surface area contributed by atoms with E-state index in [0.29, 0.717) is 24.6 Å². The zero-order chi connectivity index (χ0) is 36.6. The number of nitrogens with one attached hydrogen (secondary N) is 3. The van der Waals surface area contributed by atoms with Crippen LogP contribution in [-0.2, 0) is 39.5 Å². The van der Waals surface area contributed by atoms with Gasteiger partial charge in [-0.05, 0) is 47.2 Å². The number of ether oxygens (including phenoxy) is 2. The molecule has 52 heavy (non-hydrogen) atoms. The number of carbonyl (C=O) groups is 3. The molecule has 1 heterocycles. The predicted molar refractivity (Wildman–Crippen MR) is 200 cm³/mol. The van der Waals surface area contributed by atoms with E-state index >= 15 is 0 Å². The number of benzene rings is 4. The molecule has 0 spiro atoms. The number of hydrogen-bond acceptors (Lipinski definition) is 6. The summed E-state index contributed by atoms with van der Waals surface area (Å²) in [7, 11) is 0. The molecule has 0 fully saturated rings. The molecule has 0 saturated heterocycles. The molecular weight excluding hydrogens is 654 g/mol. The van der Waals surface area contributed by atoms with Gasteiger partial charge in [-0.15, -0.1) is 0 Å². The molecular formula is C42H47N5O5. The highest BCUT2D eigenvalue weighted by molar-refractivity contribution is 5.89. The van der Waals surface area contributed by atoms with E-state index in [1.54, 1.807) is 6.20 Å². The first-order chi connectivity index (χ1) is 25.4. The van der Waals surface area contributed by atoms with Crippen molar-refractivity contribution in [3.05, 3.63) is 156 Å². The van der Waals surface area contributed by atoms with E-state index in [4.69, 9.17) is 9.47 Å². The summed E-state index contributed by atoms with van der Waals surface area (Å²) in [6.45, 7) is 5.09. The fourth-order valence-electron chi connectivity index (χ4n) is 6.13. The van der Waals surface area contributed by atoms with E-state index < -0.39 is 12.0 Å². The summed E-state index contributed by atoms with van der Waals surface area (Å²) >= 11 is 0. The van der Waals surface area contributed by atoms with Crippen LogP contribution in [0.1, 0.15) is 60.6 Å². The Morgan fingerprint density at radius 1 is 0.769 bits per heavy atom. The number of rotatable bonds is 18. The third kappa shape index (κ3) is 10.6. The van der Waals surface area contributed by atoms with Crippen molar-refractivity contribution >= 4 is 17.9 Å². The van der Waals surface area contributed by atoms with Gasteiger partial charge in [-0.25, -0.2) is 9.78 Å². The van der Waals surface area contributed by atoms with Crippen LogP contribution in [0.5, 0.6) is 5.75 Å². The molecule has 0 aliphatic rings. The Morgan fingerprint density at radius 2 is 1.38 bits per heavy atom. The number of imidazole rings is 1. The number of H-pyrrole nitrogens is 1. The molecule has 0 radical (unpaired) electrons. The van der Waals surface area contributed by atoms with Gasteiger partial charge in [-0.3, -0.25) is 9.59 Å². The van der Waals surface area contributed by atoms with Crippen molar-refractivity contribution in [3.8, 4) is 5.75 Å². The standard InChI is InChI=1S/C42H47N5O5/c1-3-42(4-2,35-18-12-7-13-19-35)30-45-39(48)27-47(26-32-20-22-36(23-21-32)51-28-33-14-8-5-9-15-33)40(49)37(38-25-43-31-46-38)24-44-41(50)52-29-34-16-10-6-11-17-34/h5-23,25,31,37H,3-4,24,26-30H2,1-2H3,(H,43,46)(H,44,50)(H,45,48)/t37-/m0/s1. The smallest absolute Gasteiger partial charge is 0.407 e. The van der Waals surface area contributed by atoms with Crippen molar-refractivity contribution in [2.24, 2.45) is 0 Å². The van der Waals surface area contributed by atoms with Gasteiger partial charge in [-0.2, -0.15) is 0 Å². The van der Waals surface area contributed by atoms with E-state index in [9.17, 15) is 14.4 Å². The van der Waals surface area contributed by atoms with E-state index in [1.807, 2.05) is 103 Å². The highest BCUT2D eigenvalue weighted by Gasteiger charge is 2.32. The first kappa shape index (κ1) is 37.4. The number of aromatic nitrogens is 2. The number of aromatic amines is 1. The summed E-state index contributed by atoms with van der Waals surface area (Å²) in [6.07, 6.45) is 4.04. The third-order valence-electron chi connectivity index (χ3n) is 9.41. The zero-order valence-corrected chi connectivity index (χ0v) is 29.8. The molecule has 3 N–H and O–H groups in total. The second-order valence-electron chi connectivity index (χ2n) is 12.7. The minimum absolute atomic E-state index is 0.0676. The normalized spacial score (nSPS) is 11.7. The predicted octanol–water partition coefficient (Wildman–Crippen LogP) is 6.90. The fraction of sp³-hybridized carbons (Fsp3) is 0.286. The van der Waals surface area contributed by atoms with Crippen LogP contribution in [0, 0.1) is 0 Å². The second-order valence-corrected chi connectivity index (χ2v) is 12.7. The molecule has 270 valence electrons. The summed E-state index contributed by atoms with van der Waals surface area (Å²) in [5, 5.41) is 5.86. The van der Waals surface area contributed by atoms with E-state index in [2.05, 4.69) is 46.6 Å². The SMILES string of the molecule is CCC(CC)(CNC(=O)CN(Cc1ccc(OCc2ccccc2)cc1)C(=O)[C@@H](CNC(=O)OCc1ccccc1)c1cnc[nH]1)c1ccccc1. The first-order valence-corrected chi connectivity index (χ1v) is 17.7. The molecule has 1 atom stereocenters. The van der Waals surface area contributed by atoms with Crippen LogP contribution in [-0.4, -0.2) is 52.4 Å². The Balaban J connectivity index is 1.31. The minimum atomic E-state index is -0.859. The van der Waals surface area contributed by atoms with Crippen LogP contribution in [0.25, 0.3) is 0 Å². The van der Waals surface area contributed by atoms with Gasteiger partial charge in [0.1, 0.15) is 19.0 Å². The number of hydrogen-bond donors (Lipinski definition) is 3. The van der Waals surface area contributed by atoms with Gasteiger partial charge in [0.25, 0.3) is 0 Å². The lowest BCUT2D eigenvalue weighted by atomic mass is 9.76. The number of carbonyl (C=O) groups excluding carboxylic acids is 3. The maximum absolute atomic E-state index is 14.4. The first-order valence-electron chi connectivity index (χ1n) is 17.7. The molecule has 0 saturated carbocycles. The molecule has 0 aliphatic carbocycles. The van der Waals surface area contributed by atoms with Crippen LogP contribution in [0.15, 0.2) is 128 Å². The van der Waals surface area contributed by atoms with E-state index in [0.717, 1.165) is 35.1 Å². The lowest BCUT2D eigenvalue weighted by molar-refractivity contribution is -0.138. The highest BCUT2D eigenvalue weighted by atomic mass is 16.5. The van der Waals surface area contributed by atoms with Gasteiger partial charge in [0.15, 0.2) is 0 Å². The Hall–Kier alpha value is -5.90. The molecule has 10 heteroatoms. The van der Waals surface area contributed by atoms with Crippen molar-refractivity contribution < 1.29 is 23.9 Å². The van der Waals surface area contributed by atoms with Crippen molar-refractivity contribution in [1.82, 2.24) is 25.5 Å². The average molecular weight is 702 g/mol. The van der Waals surface area contributed by atoms with Crippen LogP contribution in [0.4, 0.5) is 4.79 Å². The molecule has 10 nitrogen and oxygen atoms in total. The summed E-state index contributed by atoms with van der Waals surface area (Å²) in [6, 6.07) is 36.9. The maximum Gasteiger partial charge on any atom is 0.407 e. The molecule has 5 rings (SSSR count). The molecule has 0 aliphatic heterocycles. The molecule has 4 aromatic carbocycles. The second kappa shape index (κ2) is 18.9. The molecule has 0 unspecified atom stereocenters. The Bertz CT molecular complexity index is 1810. The van der Waals surface area contributed by atoms with Gasteiger partial charge in [0.05, 0.1) is 18.8 Å². The van der Waals surface area contributed by atoms with Crippen LogP contribution < -0.4 is 15.4 Å². The highest BCUT2D eigenvalue weighted by Crippen LogP contribution is 2.31. The summed E-state index contributed by atoms with van der Waals surface area (Å²) in [4.78, 5) is 49.5. The monoisotopic (exact) mass is 701 g/mol. The average Bonchev–Trinajstić information content (AvgIpc) is 3.73. The van der Waals surface area contributed by atoms with Gasteiger partial charge in [0, 0.05) is 36.9 Å². The van der Waals surface area contributed by atoms with E-state index in [1.165, 1.54) is 11.2 Å². The van der Waals surface area contributed by atoms with Crippen molar-refractivity contribution in [2.45, 2.75) is 57.8 Å². The maximum atomic E-state index is 14.4. The Kier molecular flexibility index (Phi) is 13.6. The molecule has 3 amide bonds. The topological polar surface area (TPSA) is 126 Å². The Labute approximate surface area is 305 Å². The van der Waals surface area contributed by atoms with Crippen LogP contribution in [0.3, 0.4) is 0 Å². The zero-order valence-electron chi connectivity index (χ0n) is 29.8. The molecule has 1 aromatic heterocycles. The number of nitrogens with zero attached hydrogens (tertiary/aromatic N) is 2. The fourth-order valence-corrected chi connectivity index (χ4v) is 6.13. The van der Waals surface area contributed by atoms with E-state index in [-0.39, 0.29) is 43.5 Å². The molecule has 5 aromatic rings.